The molecule has 1 amide bonds. The van der Waals surface area contributed by atoms with Crippen LogP contribution in [0.25, 0.3) is 0 Å². The number of amides is 1. The molecular formula is C23H20ClF4N5O. The van der Waals surface area contributed by atoms with E-state index in [0.29, 0.717) is 30.4 Å². The van der Waals surface area contributed by atoms with Gasteiger partial charge in [-0.05, 0) is 50.1 Å². The molecule has 6 nitrogen and oxygen atoms in total. The first kappa shape index (κ1) is 23.9. The van der Waals surface area contributed by atoms with E-state index >= 15 is 0 Å². The highest BCUT2D eigenvalue weighted by molar-refractivity contribution is 6.33. The molecule has 178 valence electrons. The first-order valence-electron chi connectivity index (χ1n) is 10.5. The lowest BCUT2D eigenvalue weighted by Gasteiger charge is -2.33. The average Bonchev–Trinajstić information content (AvgIpc) is 2.78. The van der Waals surface area contributed by atoms with E-state index in [1.54, 1.807) is 17.9 Å². The van der Waals surface area contributed by atoms with Gasteiger partial charge in [0, 0.05) is 31.3 Å². The van der Waals surface area contributed by atoms with E-state index in [-0.39, 0.29) is 28.2 Å². The Hall–Kier alpha value is -3.27. The third kappa shape index (κ3) is 5.44. The van der Waals surface area contributed by atoms with Crippen molar-refractivity contribution in [3.8, 4) is 0 Å². The van der Waals surface area contributed by atoms with Crippen molar-refractivity contribution in [2.75, 3.05) is 18.4 Å². The zero-order valence-corrected chi connectivity index (χ0v) is 18.8. The van der Waals surface area contributed by atoms with Gasteiger partial charge in [0.1, 0.15) is 23.3 Å². The predicted octanol–water partition coefficient (Wildman–Crippen LogP) is 5.75. The van der Waals surface area contributed by atoms with Gasteiger partial charge < -0.3 is 10.2 Å². The van der Waals surface area contributed by atoms with Crippen molar-refractivity contribution < 1.29 is 22.4 Å². The fourth-order valence-corrected chi connectivity index (χ4v) is 4.15. The number of aryl methyl sites for hydroxylation is 1. The number of alkyl halides is 3. The Bertz CT molecular complexity index is 1220. The molecule has 4 rings (SSSR count). The Balaban J connectivity index is 1.54. The van der Waals surface area contributed by atoms with Gasteiger partial charge in [0.15, 0.2) is 0 Å². The number of nitrogens with zero attached hydrogens (tertiary/aromatic N) is 4. The van der Waals surface area contributed by atoms with Crippen LogP contribution in [0.4, 0.5) is 29.2 Å². The molecule has 2 aromatic heterocycles. The summed E-state index contributed by atoms with van der Waals surface area (Å²) < 4.78 is 52.4. The van der Waals surface area contributed by atoms with E-state index in [4.69, 9.17) is 11.6 Å². The van der Waals surface area contributed by atoms with Crippen LogP contribution in [0.1, 0.15) is 46.2 Å². The van der Waals surface area contributed by atoms with Crippen LogP contribution >= 0.6 is 11.6 Å². The van der Waals surface area contributed by atoms with E-state index in [1.807, 2.05) is 0 Å². The highest BCUT2D eigenvalue weighted by atomic mass is 35.5. The number of carbonyl (C=O) groups is 1. The molecule has 0 bridgehead atoms. The third-order valence-electron chi connectivity index (χ3n) is 5.49. The minimum Gasteiger partial charge on any atom is -0.338 e. The monoisotopic (exact) mass is 493 g/mol. The standard InChI is InChI=1S/C23H20ClF4N5O/c1-13-30-19(11-21(31-13)32-20-9-15(6-7-29-20)23(26,27)28)14-3-2-8-33(12-14)22(34)17-5-4-16(25)10-18(17)24/h4-7,9-11,14H,2-3,8,12H2,1H3,(H,29,30,31,32). The normalized spacial score (nSPS) is 16.4. The van der Waals surface area contributed by atoms with Crippen LogP contribution in [0, 0.1) is 12.7 Å². The van der Waals surface area contributed by atoms with Gasteiger partial charge in [-0.1, -0.05) is 11.6 Å². The maximum absolute atomic E-state index is 13.4. The number of hydrogen-bond acceptors (Lipinski definition) is 5. The molecule has 0 aliphatic carbocycles. The number of anilines is 2. The van der Waals surface area contributed by atoms with Crippen molar-refractivity contribution in [3.05, 3.63) is 76.1 Å². The second-order valence-electron chi connectivity index (χ2n) is 7.99. The predicted molar refractivity (Wildman–Crippen MR) is 119 cm³/mol. The molecule has 0 radical (unpaired) electrons. The van der Waals surface area contributed by atoms with Crippen LogP contribution in [0.15, 0.2) is 42.6 Å². The molecule has 0 saturated carbocycles. The van der Waals surface area contributed by atoms with Gasteiger partial charge in [0.05, 0.1) is 21.8 Å². The molecule has 3 heterocycles. The summed E-state index contributed by atoms with van der Waals surface area (Å²) in [5, 5.41) is 2.86. The molecular weight excluding hydrogens is 474 g/mol. The second kappa shape index (κ2) is 9.54. The van der Waals surface area contributed by atoms with Gasteiger partial charge >= 0.3 is 6.18 Å². The summed E-state index contributed by atoms with van der Waals surface area (Å²) in [6.45, 7) is 2.56. The summed E-state index contributed by atoms with van der Waals surface area (Å²) in [5.41, 5.74) is 0.0575. The van der Waals surface area contributed by atoms with Crippen LogP contribution in [-0.4, -0.2) is 38.8 Å². The maximum atomic E-state index is 13.4. The van der Waals surface area contributed by atoms with Crippen molar-refractivity contribution in [1.29, 1.82) is 0 Å². The number of carbonyl (C=O) groups excluding carboxylic acids is 1. The summed E-state index contributed by atoms with van der Waals surface area (Å²) in [7, 11) is 0. The zero-order valence-electron chi connectivity index (χ0n) is 18.0. The van der Waals surface area contributed by atoms with Crippen LogP contribution < -0.4 is 5.32 Å². The minimum absolute atomic E-state index is 0.00488. The zero-order chi connectivity index (χ0) is 24.5. The number of hydrogen-bond donors (Lipinski definition) is 1. The minimum atomic E-state index is -4.49. The molecule has 1 unspecified atom stereocenters. The number of halogens is 5. The Morgan fingerprint density at radius 3 is 2.68 bits per heavy atom. The number of rotatable bonds is 4. The summed E-state index contributed by atoms with van der Waals surface area (Å²) in [5.74, 6) is -0.202. The molecule has 1 aliphatic heterocycles. The Morgan fingerprint density at radius 2 is 1.94 bits per heavy atom. The molecule has 3 aromatic rings. The van der Waals surface area contributed by atoms with Crippen molar-refractivity contribution in [3.63, 3.8) is 0 Å². The number of pyridine rings is 1. The van der Waals surface area contributed by atoms with Crippen LogP contribution in [0.3, 0.4) is 0 Å². The fourth-order valence-electron chi connectivity index (χ4n) is 3.91. The quantitative estimate of drug-likeness (QED) is 0.468. The molecule has 1 N–H and O–H groups in total. The maximum Gasteiger partial charge on any atom is 0.416 e. The molecule has 1 fully saturated rings. The highest BCUT2D eigenvalue weighted by Gasteiger charge is 2.31. The van der Waals surface area contributed by atoms with Crippen LogP contribution in [0.5, 0.6) is 0 Å². The number of aromatic nitrogens is 3. The largest absolute Gasteiger partial charge is 0.416 e. The lowest BCUT2D eigenvalue weighted by atomic mass is 9.93. The van der Waals surface area contributed by atoms with Crippen LogP contribution in [0.2, 0.25) is 5.02 Å². The molecule has 1 atom stereocenters. The Morgan fingerprint density at radius 1 is 1.15 bits per heavy atom. The van der Waals surface area contributed by atoms with E-state index in [0.717, 1.165) is 37.2 Å². The van der Waals surface area contributed by atoms with Gasteiger partial charge in [-0.25, -0.2) is 19.3 Å². The highest BCUT2D eigenvalue weighted by Crippen LogP contribution is 2.32. The first-order valence-corrected chi connectivity index (χ1v) is 10.9. The molecule has 1 aliphatic rings. The summed E-state index contributed by atoms with van der Waals surface area (Å²) in [6, 6.07) is 7.10. The van der Waals surface area contributed by atoms with Gasteiger partial charge in [-0.15, -0.1) is 0 Å². The summed E-state index contributed by atoms with van der Waals surface area (Å²) >= 11 is 6.06. The van der Waals surface area contributed by atoms with E-state index in [1.165, 1.54) is 12.1 Å². The third-order valence-corrected chi connectivity index (χ3v) is 5.80. The van der Waals surface area contributed by atoms with Crippen molar-refractivity contribution >= 4 is 29.1 Å². The fraction of sp³-hybridized carbons (Fsp3) is 0.304. The van der Waals surface area contributed by atoms with Gasteiger partial charge in [-0.2, -0.15) is 13.2 Å². The molecule has 11 heteroatoms. The van der Waals surface area contributed by atoms with E-state index in [9.17, 15) is 22.4 Å². The average molecular weight is 494 g/mol. The molecule has 1 aromatic carbocycles. The lowest BCUT2D eigenvalue weighted by molar-refractivity contribution is -0.137. The number of likely N-dealkylation sites (tertiary alicyclic amines) is 1. The smallest absolute Gasteiger partial charge is 0.338 e. The van der Waals surface area contributed by atoms with E-state index in [2.05, 4.69) is 20.3 Å². The second-order valence-corrected chi connectivity index (χ2v) is 8.40. The van der Waals surface area contributed by atoms with Gasteiger partial charge in [-0.3, -0.25) is 4.79 Å². The molecule has 34 heavy (non-hydrogen) atoms. The number of nitrogens with one attached hydrogen (secondary N) is 1. The summed E-state index contributed by atoms with van der Waals surface area (Å²) in [6.07, 6.45) is -1.93. The van der Waals surface area contributed by atoms with Crippen molar-refractivity contribution in [2.45, 2.75) is 31.9 Å². The van der Waals surface area contributed by atoms with Gasteiger partial charge in [0.2, 0.25) is 0 Å². The van der Waals surface area contributed by atoms with Gasteiger partial charge in [0.25, 0.3) is 5.91 Å². The van der Waals surface area contributed by atoms with Crippen LogP contribution in [-0.2, 0) is 6.18 Å². The number of benzene rings is 1. The van der Waals surface area contributed by atoms with E-state index < -0.39 is 17.6 Å². The Kier molecular flexibility index (Phi) is 6.70. The Labute approximate surface area is 198 Å². The summed E-state index contributed by atoms with van der Waals surface area (Å²) in [4.78, 5) is 27.3. The first-order chi connectivity index (χ1) is 16.1. The lowest BCUT2D eigenvalue weighted by Crippen LogP contribution is -2.39. The number of piperidine rings is 1. The topological polar surface area (TPSA) is 71.0 Å². The van der Waals surface area contributed by atoms with Crippen molar-refractivity contribution in [1.82, 2.24) is 19.9 Å². The SMILES string of the molecule is Cc1nc(Nc2cc(C(F)(F)F)ccn2)cc(C2CCCN(C(=O)c3ccc(F)cc3Cl)C2)n1. The molecule has 1 saturated heterocycles. The van der Waals surface area contributed by atoms with Crippen molar-refractivity contribution in [2.24, 2.45) is 0 Å². The molecule has 0 spiro atoms.